The average molecular weight is 430 g/mol. The van der Waals surface area contributed by atoms with Crippen LogP contribution in [0.4, 0.5) is 0 Å². The van der Waals surface area contributed by atoms with Crippen molar-refractivity contribution < 1.29 is 4.79 Å². The number of imidazole rings is 1. The molecule has 2 aromatic carbocycles. The lowest BCUT2D eigenvalue weighted by Gasteiger charge is -2.20. The summed E-state index contributed by atoms with van der Waals surface area (Å²) >= 11 is 12.6. The molecule has 0 unspecified atom stereocenters. The maximum absolute atomic E-state index is 12.9. The second-order valence-corrected chi connectivity index (χ2v) is 9.02. The number of benzene rings is 2. The summed E-state index contributed by atoms with van der Waals surface area (Å²) < 4.78 is 2.02. The van der Waals surface area contributed by atoms with Crippen molar-refractivity contribution in [1.29, 1.82) is 0 Å². The van der Waals surface area contributed by atoms with Gasteiger partial charge in [0.15, 0.2) is 5.69 Å². The van der Waals surface area contributed by atoms with E-state index in [1.165, 1.54) is 0 Å². The Hall–Kier alpha value is -2.30. The van der Waals surface area contributed by atoms with E-state index in [-0.39, 0.29) is 11.3 Å². The first-order valence-corrected chi connectivity index (χ1v) is 10.4. The van der Waals surface area contributed by atoms with Crippen LogP contribution in [0.2, 0.25) is 10.0 Å². The summed E-state index contributed by atoms with van der Waals surface area (Å²) in [6.45, 7) is 8.85. The highest BCUT2D eigenvalue weighted by molar-refractivity contribution is 6.31. The molecule has 1 amide bonds. The summed E-state index contributed by atoms with van der Waals surface area (Å²) in [5, 5.41) is 4.10. The molecular weight excluding hydrogens is 405 g/mol. The second kappa shape index (κ2) is 8.60. The molecule has 0 saturated carbocycles. The summed E-state index contributed by atoms with van der Waals surface area (Å²) in [4.78, 5) is 17.7. The molecule has 3 aromatic rings. The van der Waals surface area contributed by atoms with Gasteiger partial charge in [-0.05, 0) is 42.7 Å². The first-order valence-electron chi connectivity index (χ1n) is 9.61. The lowest BCUT2D eigenvalue weighted by atomic mass is 9.92. The van der Waals surface area contributed by atoms with Crippen molar-refractivity contribution in [2.75, 3.05) is 6.54 Å². The molecule has 0 aliphatic carbocycles. The van der Waals surface area contributed by atoms with Crippen LogP contribution in [0.5, 0.6) is 0 Å². The Morgan fingerprint density at radius 1 is 1.07 bits per heavy atom. The maximum atomic E-state index is 12.9. The molecule has 0 aliphatic heterocycles. The Morgan fingerprint density at radius 3 is 2.31 bits per heavy atom. The van der Waals surface area contributed by atoms with Gasteiger partial charge in [0.2, 0.25) is 0 Å². The molecule has 0 spiro atoms. The first kappa shape index (κ1) is 21.4. The third-order valence-electron chi connectivity index (χ3n) is 4.35. The molecule has 0 bridgehead atoms. The number of nitrogens with zero attached hydrogens (tertiary/aromatic N) is 2. The summed E-state index contributed by atoms with van der Waals surface area (Å²) in [7, 11) is 0. The van der Waals surface area contributed by atoms with E-state index in [0.29, 0.717) is 34.4 Å². The fraction of sp³-hybridized carbons (Fsp3) is 0.304. The normalized spacial score (nSPS) is 11.5. The van der Waals surface area contributed by atoms with Crippen molar-refractivity contribution in [3.63, 3.8) is 0 Å². The summed E-state index contributed by atoms with van der Waals surface area (Å²) in [6, 6.07) is 15.0. The van der Waals surface area contributed by atoms with Gasteiger partial charge >= 0.3 is 0 Å². The zero-order valence-electron chi connectivity index (χ0n) is 17.1. The van der Waals surface area contributed by atoms with E-state index < -0.39 is 0 Å². The van der Waals surface area contributed by atoms with Gasteiger partial charge in [-0.2, -0.15) is 0 Å². The van der Waals surface area contributed by atoms with Gasteiger partial charge in [0.05, 0.1) is 5.69 Å². The van der Waals surface area contributed by atoms with Crippen LogP contribution in [0, 0.1) is 5.41 Å². The van der Waals surface area contributed by atoms with Crippen molar-refractivity contribution in [3.05, 3.63) is 70.1 Å². The summed E-state index contributed by atoms with van der Waals surface area (Å²) in [5.41, 5.74) is 2.75. The maximum Gasteiger partial charge on any atom is 0.272 e. The van der Waals surface area contributed by atoms with E-state index in [1.54, 1.807) is 0 Å². The second-order valence-electron chi connectivity index (χ2n) is 8.15. The van der Waals surface area contributed by atoms with Crippen LogP contribution < -0.4 is 5.32 Å². The largest absolute Gasteiger partial charge is 0.351 e. The lowest BCUT2D eigenvalue weighted by Crippen LogP contribution is -2.23. The molecule has 0 saturated heterocycles. The number of nitrogens with one attached hydrogen (secondary N) is 1. The summed E-state index contributed by atoms with van der Waals surface area (Å²) in [5.74, 6) is 0.592. The van der Waals surface area contributed by atoms with E-state index in [0.717, 1.165) is 17.1 Å². The first-order chi connectivity index (χ1) is 13.7. The molecule has 0 fully saturated rings. The number of hydrogen-bond donors (Lipinski definition) is 1. The highest BCUT2D eigenvalue weighted by Crippen LogP contribution is 2.33. The minimum absolute atomic E-state index is 0.0220. The zero-order chi connectivity index (χ0) is 21.2. The number of amides is 1. The van der Waals surface area contributed by atoms with Crippen LogP contribution in [0.25, 0.3) is 16.9 Å². The van der Waals surface area contributed by atoms with Crippen LogP contribution in [-0.4, -0.2) is 22.0 Å². The average Bonchev–Trinajstić information content (AvgIpc) is 2.99. The highest BCUT2D eigenvalue weighted by Gasteiger charge is 2.27. The number of rotatable bonds is 5. The Kier molecular flexibility index (Phi) is 6.35. The Labute approximate surface area is 181 Å². The van der Waals surface area contributed by atoms with E-state index in [1.807, 2.05) is 60.0 Å². The molecular formula is C23H25Cl2N3O. The van der Waals surface area contributed by atoms with Gasteiger partial charge in [0, 0.05) is 34.3 Å². The van der Waals surface area contributed by atoms with Crippen LogP contribution >= 0.6 is 23.2 Å². The number of halogens is 2. The topological polar surface area (TPSA) is 46.9 Å². The van der Waals surface area contributed by atoms with Gasteiger partial charge in [-0.15, -0.1) is 0 Å². The minimum atomic E-state index is -0.210. The molecule has 3 rings (SSSR count). The molecule has 1 aromatic heterocycles. The SMILES string of the molecule is CCNC(=O)c1nc(CC(C)(C)C)n(-c2cccc(Cl)c2)c1-c1cccc(Cl)c1. The fourth-order valence-corrected chi connectivity index (χ4v) is 3.63. The van der Waals surface area contributed by atoms with Gasteiger partial charge in [-0.3, -0.25) is 9.36 Å². The Morgan fingerprint density at radius 2 is 1.72 bits per heavy atom. The fourth-order valence-electron chi connectivity index (χ4n) is 3.26. The van der Waals surface area contributed by atoms with E-state index >= 15 is 0 Å². The molecule has 0 atom stereocenters. The van der Waals surface area contributed by atoms with Crippen LogP contribution in [-0.2, 0) is 6.42 Å². The van der Waals surface area contributed by atoms with Crippen LogP contribution in [0.15, 0.2) is 48.5 Å². The number of hydrogen-bond acceptors (Lipinski definition) is 2. The van der Waals surface area contributed by atoms with Gasteiger partial charge in [0.1, 0.15) is 5.82 Å². The van der Waals surface area contributed by atoms with Crippen molar-refractivity contribution in [3.8, 4) is 16.9 Å². The molecule has 152 valence electrons. The van der Waals surface area contributed by atoms with Crippen LogP contribution in [0.3, 0.4) is 0 Å². The van der Waals surface area contributed by atoms with E-state index in [4.69, 9.17) is 28.2 Å². The molecule has 1 N–H and O–H groups in total. The van der Waals surface area contributed by atoms with Gasteiger partial charge in [0.25, 0.3) is 5.91 Å². The predicted molar refractivity (Wildman–Crippen MR) is 120 cm³/mol. The summed E-state index contributed by atoms with van der Waals surface area (Å²) in [6.07, 6.45) is 0.687. The van der Waals surface area contributed by atoms with E-state index in [9.17, 15) is 4.79 Å². The molecule has 1 heterocycles. The van der Waals surface area contributed by atoms with Crippen LogP contribution in [0.1, 0.15) is 44.0 Å². The monoisotopic (exact) mass is 429 g/mol. The molecule has 6 heteroatoms. The zero-order valence-corrected chi connectivity index (χ0v) is 18.6. The molecule has 29 heavy (non-hydrogen) atoms. The third kappa shape index (κ3) is 5.01. The van der Waals surface area contributed by atoms with Gasteiger partial charge < -0.3 is 5.32 Å². The number of carbonyl (C=O) groups excluding carboxylic acids is 1. The Bertz CT molecular complexity index is 1030. The van der Waals surface area contributed by atoms with Crippen molar-refractivity contribution in [1.82, 2.24) is 14.9 Å². The minimum Gasteiger partial charge on any atom is -0.351 e. The van der Waals surface area contributed by atoms with Gasteiger partial charge in [-0.25, -0.2) is 4.98 Å². The third-order valence-corrected chi connectivity index (χ3v) is 4.82. The standard InChI is InChI=1S/C23H25Cl2N3O/c1-5-26-22(29)20-21(15-8-6-9-16(24)12-15)28(18-11-7-10-17(25)13-18)19(27-20)14-23(2,3)4/h6-13H,5,14H2,1-4H3,(H,26,29). The highest BCUT2D eigenvalue weighted by atomic mass is 35.5. The lowest BCUT2D eigenvalue weighted by molar-refractivity contribution is 0.0951. The van der Waals surface area contributed by atoms with E-state index in [2.05, 4.69) is 26.1 Å². The van der Waals surface area contributed by atoms with Crippen molar-refractivity contribution >= 4 is 29.1 Å². The quantitative estimate of drug-likeness (QED) is 0.525. The predicted octanol–water partition coefficient (Wildman–Crippen LogP) is 6.18. The molecule has 0 radical (unpaired) electrons. The number of aromatic nitrogens is 2. The number of carbonyl (C=O) groups is 1. The van der Waals surface area contributed by atoms with Crippen molar-refractivity contribution in [2.45, 2.75) is 34.1 Å². The van der Waals surface area contributed by atoms with Gasteiger partial charge in [-0.1, -0.05) is 62.2 Å². The smallest absolute Gasteiger partial charge is 0.272 e. The van der Waals surface area contributed by atoms with Crippen molar-refractivity contribution in [2.24, 2.45) is 5.41 Å². The molecule has 0 aliphatic rings. The Balaban J connectivity index is 2.36. The molecule has 4 nitrogen and oxygen atoms in total.